The molecule has 3 heterocycles. The van der Waals surface area contributed by atoms with Crippen molar-refractivity contribution in [3.05, 3.63) is 88.9 Å². The van der Waals surface area contributed by atoms with Crippen molar-refractivity contribution in [1.29, 1.82) is 0 Å². The highest BCUT2D eigenvalue weighted by atomic mass is 19.1. The number of ether oxygens (including phenoxy) is 1. The normalized spacial score (nSPS) is 20.1. The van der Waals surface area contributed by atoms with Gasteiger partial charge in [0.25, 0.3) is 5.91 Å². The van der Waals surface area contributed by atoms with E-state index in [9.17, 15) is 19.1 Å². The number of nitrogens with one attached hydrogen (secondary N) is 2. The number of rotatable bonds is 10. The van der Waals surface area contributed by atoms with Crippen LogP contribution in [0.15, 0.2) is 60.8 Å². The van der Waals surface area contributed by atoms with Crippen LogP contribution < -0.4 is 20.3 Å². The number of benzene rings is 2. The Kier molecular flexibility index (Phi) is 9.17. The number of hydrogen-bond donors (Lipinski definition) is 3. The lowest BCUT2D eigenvalue weighted by atomic mass is 9.73. The van der Waals surface area contributed by atoms with Gasteiger partial charge in [0, 0.05) is 49.3 Å². The smallest absolute Gasteiger partial charge is 0.251 e. The van der Waals surface area contributed by atoms with Gasteiger partial charge in [-0.05, 0) is 79.3 Å². The Labute approximate surface area is 270 Å². The summed E-state index contributed by atoms with van der Waals surface area (Å²) in [6, 6.07) is 15.3. The van der Waals surface area contributed by atoms with Gasteiger partial charge in [0.2, 0.25) is 11.8 Å². The summed E-state index contributed by atoms with van der Waals surface area (Å²) in [5, 5.41) is 18.3. The first-order valence-electron chi connectivity index (χ1n) is 16.5. The van der Waals surface area contributed by atoms with Crippen LogP contribution in [0.4, 0.5) is 10.1 Å². The zero-order chi connectivity index (χ0) is 32.5. The molecule has 9 heteroatoms. The van der Waals surface area contributed by atoms with Crippen LogP contribution in [0.25, 0.3) is 0 Å². The number of aliphatic hydroxyl groups excluding tert-OH is 1. The molecule has 1 aliphatic carbocycles. The number of pyridine rings is 1. The minimum atomic E-state index is -0.932. The van der Waals surface area contributed by atoms with E-state index in [1.807, 2.05) is 36.5 Å². The average Bonchev–Trinajstić information content (AvgIpc) is 3.43. The number of carbonyl (C=O) groups excluding carboxylic acids is 2. The van der Waals surface area contributed by atoms with Crippen molar-refractivity contribution in [2.24, 2.45) is 5.41 Å². The maximum absolute atomic E-state index is 14.7. The van der Waals surface area contributed by atoms with Gasteiger partial charge in [-0.2, -0.15) is 0 Å². The van der Waals surface area contributed by atoms with Crippen LogP contribution in [0.5, 0.6) is 5.88 Å². The maximum atomic E-state index is 14.7. The van der Waals surface area contributed by atoms with E-state index >= 15 is 0 Å². The van der Waals surface area contributed by atoms with Crippen molar-refractivity contribution in [1.82, 2.24) is 15.6 Å². The largest absolute Gasteiger partial charge is 0.471 e. The maximum Gasteiger partial charge on any atom is 0.251 e. The van der Waals surface area contributed by atoms with Crippen LogP contribution in [0.3, 0.4) is 0 Å². The van der Waals surface area contributed by atoms with Gasteiger partial charge in [0.05, 0.1) is 17.8 Å². The molecule has 244 valence electrons. The summed E-state index contributed by atoms with van der Waals surface area (Å²) >= 11 is 0. The SMILES string of the molecule is CC(C)(C)Cc1cnc2c(c1)[C@@H](NC[C@@H](O)[C@H](Cc1ccccc1)NC(=O)c1ccc(F)c(N3CCCC3=O)c1)CC1(CCC1)O2. The van der Waals surface area contributed by atoms with Crippen molar-refractivity contribution in [2.45, 2.75) is 95.9 Å². The molecule has 1 saturated carbocycles. The minimum Gasteiger partial charge on any atom is -0.471 e. The molecule has 8 nitrogen and oxygen atoms in total. The number of carbonyl (C=O) groups is 2. The molecule has 3 N–H and O–H groups in total. The summed E-state index contributed by atoms with van der Waals surface area (Å²) < 4.78 is 21.2. The Morgan fingerprint density at radius 3 is 2.59 bits per heavy atom. The molecule has 2 amide bonds. The van der Waals surface area contributed by atoms with Crippen LogP contribution in [-0.2, 0) is 17.6 Å². The first kappa shape index (κ1) is 32.1. The summed E-state index contributed by atoms with van der Waals surface area (Å²) in [5.74, 6) is -0.473. The highest BCUT2D eigenvalue weighted by Crippen LogP contribution is 2.48. The van der Waals surface area contributed by atoms with Crippen LogP contribution in [0, 0.1) is 11.2 Å². The second kappa shape index (κ2) is 13.1. The Balaban J connectivity index is 1.21. The number of amides is 2. The monoisotopic (exact) mass is 628 g/mol. The highest BCUT2D eigenvalue weighted by molar-refractivity contribution is 5.99. The lowest BCUT2D eigenvalue weighted by molar-refractivity contribution is -0.117. The third-order valence-corrected chi connectivity index (χ3v) is 9.42. The predicted octanol–water partition coefficient (Wildman–Crippen LogP) is 5.67. The molecule has 3 aliphatic rings. The van der Waals surface area contributed by atoms with Crippen molar-refractivity contribution >= 4 is 17.5 Å². The van der Waals surface area contributed by atoms with E-state index < -0.39 is 23.9 Å². The van der Waals surface area contributed by atoms with Gasteiger partial charge in [-0.15, -0.1) is 0 Å². The van der Waals surface area contributed by atoms with Crippen molar-refractivity contribution in [3.8, 4) is 5.88 Å². The fourth-order valence-electron chi connectivity index (χ4n) is 6.92. The molecule has 3 atom stereocenters. The summed E-state index contributed by atoms with van der Waals surface area (Å²) in [5.41, 5.74) is 3.34. The first-order valence-corrected chi connectivity index (χ1v) is 16.5. The molecule has 46 heavy (non-hydrogen) atoms. The Bertz CT molecular complexity index is 1570. The second-order valence-corrected chi connectivity index (χ2v) is 14.4. The average molecular weight is 629 g/mol. The molecule has 2 aromatic carbocycles. The first-order chi connectivity index (χ1) is 22.0. The van der Waals surface area contributed by atoms with Crippen LogP contribution in [0.1, 0.15) is 92.4 Å². The van der Waals surface area contributed by atoms with Gasteiger partial charge in [-0.3, -0.25) is 9.59 Å². The summed E-state index contributed by atoms with van der Waals surface area (Å²) in [7, 11) is 0. The van der Waals surface area contributed by atoms with Gasteiger partial charge in [0.1, 0.15) is 11.4 Å². The number of aromatic nitrogens is 1. The molecule has 0 bridgehead atoms. The van der Waals surface area contributed by atoms with Crippen molar-refractivity contribution < 1.29 is 23.8 Å². The van der Waals surface area contributed by atoms with Gasteiger partial charge in [0.15, 0.2) is 0 Å². The van der Waals surface area contributed by atoms with Crippen LogP contribution >= 0.6 is 0 Å². The zero-order valence-corrected chi connectivity index (χ0v) is 27.0. The highest BCUT2D eigenvalue weighted by Gasteiger charge is 2.46. The van der Waals surface area contributed by atoms with E-state index in [2.05, 4.69) is 37.5 Å². The number of aliphatic hydroxyl groups is 1. The predicted molar refractivity (Wildman–Crippen MR) is 175 cm³/mol. The van der Waals surface area contributed by atoms with Gasteiger partial charge < -0.3 is 25.4 Å². The van der Waals surface area contributed by atoms with E-state index in [0.29, 0.717) is 31.7 Å². The Morgan fingerprint density at radius 1 is 1.13 bits per heavy atom. The number of halogens is 1. The molecule has 0 unspecified atom stereocenters. The van der Waals surface area contributed by atoms with E-state index in [1.54, 1.807) is 0 Å². The van der Waals surface area contributed by atoms with E-state index in [-0.39, 0.29) is 40.8 Å². The second-order valence-electron chi connectivity index (χ2n) is 14.4. The molecule has 2 fully saturated rings. The summed E-state index contributed by atoms with van der Waals surface area (Å²) in [4.78, 5) is 32.0. The third kappa shape index (κ3) is 7.26. The van der Waals surface area contributed by atoms with Gasteiger partial charge in [-0.25, -0.2) is 9.37 Å². The minimum absolute atomic E-state index is 0.0585. The van der Waals surface area contributed by atoms with Crippen LogP contribution in [0.2, 0.25) is 0 Å². The number of anilines is 1. The number of fused-ring (bicyclic) bond motifs is 1. The fraction of sp³-hybridized carbons (Fsp3) is 0.486. The molecule has 2 aliphatic heterocycles. The van der Waals surface area contributed by atoms with Gasteiger partial charge in [-0.1, -0.05) is 51.1 Å². The fourth-order valence-corrected chi connectivity index (χ4v) is 6.92. The standard InChI is InChI=1S/C37H45FN4O4/c1-36(2,3)20-25-17-27-30(21-37(14-8-15-37)46-35(27)40-22-25)39-23-32(43)29(18-24-9-5-4-6-10-24)41-34(45)26-12-13-28(38)31(19-26)42-16-7-11-33(42)44/h4-6,9-10,12-13,17,19,22,29-30,32,39,43H,7-8,11,14-16,18,20-21,23H2,1-3H3,(H,41,45)/t29-,30-,32+/m0/s1. The molecule has 1 spiro atoms. The molecular formula is C37H45FN4O4. The quantitative estimate of drug-likeness (QED) is 0.267. The number of nitrogens with zero attached hydrogens (tertiary/aromatic N) is 2. The molecule has 3 aromatic rings. The lowest BCUT2D eigenvalue weighted by Gasteiger charge is -2.47. The lowest BCUT2D eigenvalue weighted by Crippen LogP contribution is -2.52. The number of hydrogen-bond acceptors (Lipinski definition) is 6. The zero-order valence-electron chi connectivity index (χ0n) is 27.0. The van der Waals surface area contributed by atoms with Crippen molar-refractivity contribution in [2.75, 3.05) is 18.0 Å². The molecule has 6 rings (SSSR count). The molecule has 1 saturated heterocycles. The molecule has 0 radical (unpaired) electrons. The molecular weight excluding hydrogens is 583 g/mol. The Hall–Kier alpha value is -3.82. The van der Waals surface area contributed by atoms with E-state index in [1.165, 1.54) is 23.1 Å². The van der Waals surface area contributed by atoms with Crippen molar-refractivity contribution in [3.63, 3.8) is 0 Å². The van der Waals surface area contributed by atoms with Gasteiger partial charge >= 0.3 is 0 Å². The summed E-state index contributed by atoms with van der Waals surface area (Å²) in [6.07, 6.45) is 7.15. The summed E-state index contributed by atoms with van der Waals surface area (Å²) in [6.45, 7) is 7.28. The van der Waals surface area contributed by atoms with E-state index in [4.69, 9.17) is 9.72 Å². The van der Waals surface area contributed by atoms with Crippen LogP contribution in [-0.4, -0.2) is 52.7 Å². The van der Waals surface area contributed by atoms with E-state index in [0.717, 1.165) is 48.8 Å². The topological polar surface area (TPSA) is 104 Å². The molecule has 1 aromatic heterocycles. The third-order valence-electron chi connectivity index (χ3n) is 9.42. The Morgan fingerprint density at radius 2 is 1.91 bits per heavy atom.